The van der Waals surface area contributed by atoms with Gasteiger partial charge in [-0.25, -0.2) is 13.2 Å². The molecule has 0 spiro atoms. The van der Waals surface area contributed by atoms with Crippen molar-refractivity contribution in [2.75, 3.05) is 31.9 Å². The molecular weight excluding hydrogens is 673 g/mol. The van der Waals surface area contributed by atoms with E-state index in [0.29, 0.717) is 19.5 Å². The Hall–Kier alpha value is -3.44. The van der Waals surface area contributed by atoms with Gasteiger partial charge < -0.3 is 26.2 Å². The second-order valence-electron chi connectivity index (χ2n) is 16.4. The molecule has 2 aliphatic carbocycles. The van der Waals surface area contributed by atoms with Crippen molar-refractivity contribution < 1.29 is 32.4 Å². The van der Waals surface area contributed by atoms with Crippen LogP contribution in [0.4, 0.5) is 4.79 Å². The predicted molar refractivity (Wildman–Crippen MR) is 194 cm³/mol. The number of carbonyl (C=O) groups excluding carboxylic acids is 5. The fourth-order valence-electron chi connectivity index (χ4n) is 8.25. The number of fused-ring (bicyclic) bond motifs is 1. The Morgan fingerprint density at radius 1 is 1.02 bits per heavy atom. The molecule has 14 heteroatoms. The van der Waals surface area contributed by atoms with Crippen LogP contribution in [0.25, 0.3) is 0 Å². The number of terminal acetylenes is 1. The smallest absolute Gasteiger partial charge is 0.315 e. The van der Waals surface area contributed by atoms with Gasteiger partial charge in [-0.15, -0.1) is 18.9 Å². The number of hydrogen-bond acceptors (Lipinski definition) is 7. The minimum atomic E-state index is -3.41. The molecule has 0 aromatic carbocycles. The summed E-state index contributed by atoms with van der Waals surface area (Å²) in [6.07, 6.45) is 13.3. The first-order chi connectivity index (χ1) is 23.9. The Morgan fingerprint density at radius 2 is 1.71 bits per heavy atom. The lowest BCUT2D eigenvalue weighted by Crippen LogP contribution is -2.62. The quantitative estimate of drug-likeness (QED) is 0.121. The van der Waals surface area contributed by atoms with E-state index >= 15 is 0 Å². The first-order valence-corrected chi connectivity index (χ1v) is 20.1. The van der Waals surface area contributed by atoms with E-state index in [-0.39, 0.29) is 54.9 Å². The zero-order valence-corrected chi connectivity index (χ0v) is 31.8. The van der Waals surface area contributed by atoms with E-state index in [2.05, 4.69) is 33.8 Å². The van der Waals surface area contributed by atoms with Gasteiger partial charge in [-0.3, -0.25) is 19.2 Å². The second-order valence-corrected chi connectivity index (χ2v) is 18.4. The fourth-order valence-corrected chi connectivity index (χ4v) is 9.87. The number of carbonyl (C=O) groups is 5. The number of Topliss-reactive ketones (excluding diaryl/α,β-unsaturated/α-hetero) is 1. The number of likely N-dealkylation sites (tertiary alicyclic amines) is 1. The monoisotopic (exact) mass is 730 g/mol. The number of rotatable bonds is 14. The van der Waals surface area contributed by atoms with Crippen LogP contribution in [0.1, 0.15) is 92.4 Å². The minimum absolute atomic E-state index is 0.0320. The van der Waals surface area contributed by atoms with Crippen LogP contribution in [0, 0.1) is 40.9 Å². The van der Waals surface area contributed by atoms with E-state index in [1.807, 2.05) is 34.6 Å². The molecule has 51 heavy (non-hydrogen) atoms. The third kappa shape index (κ3) is 9.52. The molecule has 0 aromatic rings. The highest BCUT2D eigenvalue weighted by atomic mass is 32.2. The van der Waals surface area contributed by atoms with Gasteiger partial charge in [0.2, 0.25) is 27.6 Å². The summed E-state index contributed by atoms with van der Waals surface area (Å²) in [5.74, 6) is -0.174. The molecule has 284 valence electrons. The first-order valence-electron chi connectivity index (χ1n) is 18.5. The van der Waals surface area contributed by atoms with Crippen molar-refractivity contribution in [1.82, 2.24) is 30.5 Å². The van der Waals surface area contributed by atoms with Crippen LogP contribution in [0.5, 0.6) is 0 Å². The van der Waals surface area contributed by atoms with Crippen molar-refractivity contribution in [2.45, 2.75) is 117 Å². The highest BCUT2D eigenvalue weighted by molar-refractivity contribution is 7.89. The fraction of sp³-hybridized carbons (Fsp3) is 0.757. The van der Waals surface area contributed by atoms with Gasteiger partial charge in [-0.2, -0.15) is 4.31 Å². The number of ketones is 1. The van der Waals surface area contributed by atoms with Crippen molar-refractivity contribution in [3.05, 3.63) is 12.7 Å². The standard InChI is InChI=1S/C37H58N6O7S/c1-8-10-18-26(30(44)33(46)38-19-9-2)39-32(45)29-28-25(37(28,6)7)22-43(29)34(47)31(36(3,4)5)41-35(48)40-27(24-16-12-11-13-17-24)23-42-20-14-15-21-51(42,49)50/h1,9,24-29,31H,2,10-23H2,3-7H3,(H,38,46)(H,39,45)(H2,40,41,48)/t25-,26?,27+,28-,29-,31+/m0/s1. The van der Waals surface area contributed by atoms with Gasteiger partial charge >= 0.3 is 6.03 Å². The molecule has 4 rings (SSSR count). The van der Waals surface area contributed by atoms with Crippen LogP contribution in [-0.2, 0) is 29.2 Å². The third-order valence-corrected chi connectivity index (χ3v) is 13.3. The number of amides is 5. The molecule has 1 unspecified atom stereocenters. The van der Waals surface area contributed by atoms with Gasteiger partial charge in [-0.1, -0.05) is 60.0 Å². The highest BCUT2D eigenvalue weighted by Crippen LogP contribution is 2.65. The van der Waals surface area contributed by atoms with Crippen LogP contribution in [0.3, 0.4) is 0 Å². The number of hydrogen-bond donors (Lipinski definition) is 4. The predicted octanol–water partition coefficient (Wildman–Crippen LogP) is 2.33. The van der Waals surface area contributed by atoms with Gasteiger partial charge in [0.1, 0.15) is 12.1 Å². The second kappa shape index (κ2) is 16.5. The van der Waals surface area contributed by atoms with Gasteiger partial charge in [0.15, 0.2) is 0 Å². The first kappa shape index (κ1) is 40.3. The van der Waals surface area contributed by atoms with Crippen LogP contribution >= 0.6 is 0 Å². The Labute approximate surface area is 303 Å². The molecule has 2 aliphatic heterocycles. The van der Waals surface area contributed by atoms with E-state index in [9.17, 15) is 32.4 Å². The Morgan fingerprint density at radius 3 is 2.31 bits per heavy atom. The van der Waals surface area contributed by atoms with Gasteiger partial charge in [-0.05, 0) is 60.7 Å². The summed E-state index contributed by atoms with van der Waals surface area (Å²) in [5, 5.41) is 11.2. The molecular formula is C37H58N6O7S. The lowest BCUT2D eigenvalue weighted by molar-refractivity contribution is -0.145. The molecule has 4 aliphatic rings. The van der Waals surface area contributed by atoms with Crippen molar-refractivity contribution in [1.29, 1.82) is 0 Å². The molecule has 2 saturated heterocycles. The molecule has 0 radical (unpaired) electrons. The van der Waals surface area contributed by atoms with Crippen molar-refractivity contribution >= 4 is 39.6 Å². The summed E-state index contributed by atoms with van der Waals surface area (Å²) in [6.45, 7) is 14.1. The molecule has 2 saturated carbocycles. The Bertz CT molecular complexity index is 1490. The molecule has 13 nitrogen and oxygen atoms in total. The van der Waals surface area contributed by atoms with Crippen molar-refractivity contribution in [3.63, 3.8) is 0 Å². The molecule has 6 atom stereocenters. The maximum atomic E-state index is 14.5. The van der Waals surface area contributed by atoms with Gasteiger partial charge in [0.05, 0.1) is 11.8 Å². The summed E-state index contributed by atoms with van der Waals surface area (Å²) >= 11 is 0. The van der Waals surface area contributed by atoms with Crippen molar-refractivity contribution in [2.24, 2.45) is 28.6 Å². The minimum Gasteiger partial charge on any atom is -0.346 e. The SMILES string of the molecule is C#CCCC(NC(=O)[C@@H]1[C@@H]2[C@H](CN1C(=O)[C@@H](NC(=O)N[C@H](CN1CCCCS1(=O)=O)C1CCCCC1)C(C)(C)C)C2(C)C)C(=O)C(=O)NCC=C. The molecule has 0 bridgehead atoms. The summed E-state index contributed by atoms with van der Waals surface area (Å²) < 4.78 is 27.3. The van der Waals surface area contributed by atoms with E-state index in [1.165, 1.54) is 15.3 Å². The molecule has 4 fully saturated rings. The van der Waals surface area contributed by atoms with E-state index in [0.717, 1.165) is 38.5 Å². The van der Waals surface area contributed by atoms with Crippen LogP contribution in [-0.4, -0.2) is 103 Å². The number of urea groups is 1. The van der Waals surface area contributed by atoms with Crippen LogP contribution < -0.4 is 21.3 Å². The summed E-state index contributed by atoms with van der Waals surface area (Å²) in [6, 6.07) is -4.12. The molecule has 4 N–H and O–H groups in total. The maximum Gasteiger partial charge on any atom is 0.315 e. The number of piperidine rings is 1. The van der Waals surface area contributed by atoms with E-state index in [4.69, 9.17) is 6.42 Å². The number of nitrogens with one attached hydrogen (secondary N) is 4. The zero-order valence-electron chi connectivity index (χ0n) is 31.0. The summed E-state index contributed by atoms with van der Waals surface area (Å²) in [7, 11) is -3.41. The Kier molecular flexibility index (Phi) is 13.0. The average molecular weight is 731 g/mol. The largest absolute Gasteiger partial charge is 0.346 e. The number of sulfonamides is 1. The zero-order chi connectivity index (χ0) is 37.7. The van der Waals surface area contributed by atoms with E-state index in [1.54, 1.807) is 0 Å². The highest BCUT2D eigenvalue weighted by Gasteiger charge is 2.70. The van der Waals surface area contributed by atoms with Crippen LogP contribution in [0.15, 0.2) is 12.7 Å². The average Bonchev–Trinajstić information content (AvgIpc) is 3.38. The number of nitrogens with zero attached hydrogens (tertiary/aromatic N) is 2. The van der Waals surface area contributed by atoms with Gasteiger partial charge in [0, 0.05) is 38.6 Å². The topological polar surface area (TPSA) is 174 Å². The Balaban J connectivity index is 1.53. The summed E-state index contributed by atoms with van der Waals surface area (Å²) in [4.78, 5) is 69.4. The lowest BCUT2D eigenvalue weighted by Gasteiger charge is -2.39. The normalized spacial score (nSPS) is 26.0. The van der Waals surface area contributed by atoms with Crippen molar-refractivity contribution in [3.8, 4) is 12.3 Å². The third-order valence-electron chi connectivity index (χ3n) is 11.4. The van der Waals surface area contributed by atoms with Gasteiger partial charge in [0.25, 0.3) is 5.91 Å². The molecule has 2 heterocycles. The molecule has 0 aromatic heterocycles. The van der Waals surface area contributed by atoms with E-state index < -0.39 is 69.1 Å². The maximum absolute atomic E-state index is 14.5. The molecule has 5 amide bonds. The van der Waals surface area contributed by atoms with Crippen LogP contribution in [0.2, 0.25) is 0 Å². The lowest BCUT2D eigenvalue weighted by atomic mass is 9.83. The summed E-state index contributed by atoms with van der Waals surface area (Å²) in [5.41, 5.74) is -0.995.